The van der Waals surface area contributed by atoms with Crippen molar-refractivity contribution in [3.8, 4) is 11.3 Å². The Balaban J connectivity index is 1.45. The average molecular weight is 388 g/mol. The summed E-state index contributed by atoms with van der Waals surface area (Å²) in [5.41, 5.74) is 4.63. The predicted molar refractivity (Wildman–Crippen MR) is 110 cm³/mol. The predicted octanol–water partition coefficient (Wildman–Crippen LogP) is 4.30. The zero-order valence-electron chi connectivity index (χ0n) is 15.0. The summed E-state index contributed by atoms with van der Waals surface area (Å²) in [5, 5.41) is 20.1. The number of hydrogen-bond donors (Lipinski definition) is 2. The van der Waals surface area contributed by atoms with E-state index < -0.39 is 0 Å². The second kappa shape index (κ2) is 7.93. The van der Waals surface area contributed by atoms with Crippen molar-refractivity contribution < 1.29 is 4.79 Å². The van der Waals surface area contributed by atoms with Gasteiger partial charge >= 0.3 is 0 Å². The van der Waals surface area contributed by atoms with Gasteiger partial charge in [-0.2, -0.15) is 5.10 Å². The Kier molecular flexibility index (Phi) is 5.03. The second-order valence-electron chi connectivity index (χ2n) is 6.09. The van der Waals surface area contributed by atoms with E-state index in [1.54, 1.807) is 12.1 Å². The molecule has 0 aliphatic heterocycles. The molecule has 2 aromatic carbocycles. The maximum atomic E-state index is 12.6. The van der Waals surface area contributed by atoms with Crippen LogP contribution in [0.5, 0.6) is 0 Å². The first kappa shape index (κ1) is 17.7. The van der Waals surface area contributed by atoms with Crippen molar-refractivity contribution in [3.05, 3.63) is 77.3 Å². The highest BCUT2D eigenvalue weighted by Crippen LogP contribution is 2.21. The molecule has 0 aliphatic rings. The van der Waals surface area contributed by atoms with E-state index in [0.29, 0.717) is 17.1 Å². The van der Waals surface area contributed by atoms with E-state index in [1.807, 2.05) is 60.8 Å². The van der Waals surface area contributed by atoms with Crippen LogP contribution in [0.4, 0.5) is 17.2 Å². The first-order chi connectivity index (χ1) is 13.7. The molecule has 28 heavy (non-hydrogen) atoms. The van der Waals surface area contributed by atoms with Gasteiger partial charge in [0.15, 0.2) is 5.82 Å². The molecule has 0 fully saturated rings. The first-order valence-electron chi connectivity index (χ1n) is 8.54. The topological polar surface area (TPSA) is 92.7 Å². The van der Waals surface area contributed by atoms with E-state index in [-0.39, 0.29) is 5.91 Å². The van der Waals surface area contributed by atoms with E-state index in [0.717, 1.165) is 22.6 Å². The van der Waals surface area contributed by atoms with E-state index in [2.05, 4.69) is 30.4 Å². The lowest BCUT2D eigenvalue weighted by Gasteiger charge is -2.09. The summed E-state index contributed by atoms with van der Waals surface area (Å²) in [5.74, 6) is 0.428. The summed E-state index contributed by atoms with van der Waals surface area (Å²) in [6.45, 7) is 1.88. The molecule has 0 unspecified atom stereocenters. The molecule has 0 radical (unpaired) electrons. The third-order valence-electron chi connectivity index (χ3n) is 3.99. The first-order valence-corrected chi connectivity index (χ1v) is 9.37. The number of anilines is 3. The number of rotatable bonds is 5. The van der Waals surface area contributed by atoms with Crippen LogP contribution in [0.15, 0.2) is 66.0 Å². The standard InChI is InChI=1S/C20H16N6OS/c1-13-5-10-19(25-23-13)21-17-4-2-3-15(11-17)20(27)22-16-8-6-14(7-9-16)18-12-28-26-24-18/h2-12H,1H3,(H,21,25)(H,22,27). The summed E-state index contributed by atoms with van der Waals surface area (Å²) >= 11 is 1.30. The molecule has 4 rings (SSSR count). The summed E-state index contributed by atoms with van der Waals surface area (Å²) in [4.78, 5) is 12.6. The van der Waals surface area contributed by atoms with Crippen LogP contribution < -0.4 is 10.6 Å². The number of aromatic nitrogens is 4. The van der Waals surface area contributed by atoms with Crippen LogP contribution >= 0.6 is 11.5 Å². The van der Waals surface area contributed by atoms with E-state index >= 15 is 0 Å². The van der Waals surface area contributed by atoms with Crippen LogP contribution in [0.3, 0.4) is 0 Å². The van der Waals surface area contributed by atoms with Crippen LogP contribution in [0.1, 0.15) is 16.1 Å². The fraction of sp³-hybridized carbons (Fsp3) is 0.0500. The zero-order valence-corrected chi connectivity index (χ0v) is 15.8. The Morgan fingerprint density at radius 2 is 1.79 bits per heavy atom. The molecule has 8 heteroatoms. The van der Waals surface area contributed by atoms with Gasteiger partial charge in [0.2, 0.25) is 0 Å². The van der Waals surface area contributed by atoms with Crippen molar-refractivity contribution >= 4 is 34.6 Å². The van der Waals surface area contributed by atoms with Crippen LogP contribution in [-0.4, -0.2) is 25.7 Å². The van der Waals surface area contributed by atoms with Gasteiger partial charge in [0, 0.05) is 27.9 Å². The van der Waals surface area contributed by atoms with Crippen molar-refractivity contribution in [2.45, 2.75) is 6.92 Å². The van der Waals surface area contributed by atoms with Crippen molar-refractivity contribution in [1.29, 1.82) is 0 Å². The van der Waals surface area contributed by atoms with Gasteiger partial charge < -0.3 is 10.6 Å². The van der Waals surface area contributed by atoms with Crippen molar-refractivity contribution in [2.75, 3.05) is 10.6 Å². The third-order valence-corrected chi connectivity index (χ3v) is 4.50. The van der Waals surface area contributed by atoms with Gasteiger partial charge in [-0.05, 0) is 60.9 Å². The average Bonchev–Trinajstić information content (AvgIpc) is 3.25. The number of amides is 1. The molecule has 0 saturated carbocycles. The van der Waals surface area contributed by atoms with Crippen LogP contribution in [-0.2, 0) is 0 Å². The molecule has 2 heterocycles. The molecule has 0 aliphatic carbocycles. The summed E-state index contributed by atoms with van der Waals surface area (Å²) in [6, 6.07) is 18.4. The molecule has 0 saturated heterocycles. The zero-order chi connectivity index (χ0) is 19.3. The molecule has 1 amide bonds. The fourth-order valence-electron chi connectivity index (χ4n) is 2.57. The van der Waals surface area contributed by atoms with Gasteiger partial charge in [-0.25, -0.2) is 0 Å². The van der Waals surface area contributed by atoms with E-state index in [1.165, 1.54) is 11.5 Å². The van der Waals surface area contributed by atoms with Crippen LogP contribution in [0.25, 0.3) is 11.3 Å². The Morgan fingerprint density at radius 1 is 0.929 bits per heavy atom. The van der Waals surface area contributed by atoms with Gasteiger partial charge in [-0.3, -0.25) is 4.79 Å². The Morgan fingerprint density at radius 3 is 2.50 bits per heavy atom. The highest BCUT2D eigenvalue weighted by Gasteiger charge is 2.08. The summed E-state index contributed by atoms with van der Waals surface area (Å²) in [7, 11) is 0. The number of nitrogens with one attached hydrogen (secondary N) is 2. The van der Waals surface area contributed by atoms with Gasteiger partial charge in [0.25, 0.3) is 5.91 Å². The van der Waals surface area contributed by atoms with Crippen molar-refractivity contribution in [1.82, 2.24) is 19.8 Å². The molecule has 0 spiro atoms. The monoisotopic (exact) mass is 388 g/mol. The normalized spacial score (nSPS) is 10.5. The molecular formula is C20H16N6OS. The number of hydrogen-bond acceptors (Lipinski definition) is 7. The van der Waals surface area contributed by atoms with Gasteiger partial charge in [-0.1, -0.05) is 22.7 Å². The number of nitrogens with zero attached hydrogens (tertiary/aromatic N) is 4. The number of carbonyl (C=O) groups excluding carboxylic acids is 1. The summed E-state index contributed by atoms with van der Waals surface area (Å²) < 4.78 is 3.86. The third kappa shape index (κ3) is 4.18. The highest BCUT2D eigenvalue weighted by atomic mass is 32.1. The lowest BCUT2D eigenvalue weighted by molar-refractivity contribution is 0.102. The Labute approximate surface area is 165 Å². The number of benzene rings is 2. The minimum Gasteiger partial charge on any atom is -0.339 e. The van der Waals surface area contributed by atoms with E-state index in [9.17, 15) is 4.79 Å². The number of aryl methyl sites for hydroxylation is 1. The molecule has 2 aromatic heterocycles. The highest BCUT2D eigenvalue weighted by molar-refractivity contribution is 7.03. The fourth-order valence-corrected chi connectivity index (χ4v) is 3.03. The molecule has 138 valence electrons. The largest absolute Gasteiger partial charge is 0.339 e. The maximum absolute atomic E-state index is 12.6. The molecule has 2 N–H and O–H groups in total. The molecular weight excluding hydrogens is 372 g/mol. The van der Waals surface area contributed by atoms with Gasteiger partial charge in [-0.15, -0.1) is 10.2 Å². The minimum atomic E-state index is -0.193. The Bertz CT molecular complexity index is 1080. The molecule has 0 atom stereocenters. The Hall–Kier alpha value is -3.65. The molecule has 7 nitrogen and oxygen atoms in total. The van der Waals surface area contributed by atoms with Crippen LogP contribution in [0.2, 0.25) is 0 Å². The van der Waals surface area contributed by atoms with Crippen molar-refractivity contribution in [2.24, 2.45) is 0 Å². The van der Waals surface area contributed by atoms with Gasteiger partial charge in [0.1, 0.15) is 5.69 Å². The van der Waals surface area contributed by atoms with E-state index in [4.69, 9.17) is 0 Å². The molecule has 4 aromatic rings. The second-order valence-corrected chi connectivity index (χ2v) is 6.70. The quantitative estimate of drug-likeness (QED) is 0.529. The van der Waals surface area contributed by atoms with Gasteiger partial charge in [0.05, 0.1) is 5.69 Å². The minimum absolute atomic E-state index is 0.193. The van der Waals surface area contributed by atoms with Crippen LogP contribution in [0, 0.1) is 6.92 Å². The summed E-state index contributed by atoms with van der Waals surface area (Å²) in [6.07, 6.45) is 0. The molecule has 0 bridgehead atoms. The smallest absolute Gasteiger partial charge is 0.255 e. The maximum Gasteiger partial charge on any atom is 0.255 e. The van der Waals surface area contributed by atoms with Crippen molar-refractivity contribution in [3.63, 3.8) is 0 Å². The number of carbonyl (C=O) groups is 1. The lowest BCUT2D eigenvalue weighted by Crippen LogP contribution is -2.12. The lowest BCUT2D eigenvalue weighted by atomic mass is 10.1. The SMILES string of the molecule is Cc1ccc(Nc2cccc(C(=O)Nc3ccc(-c4csnn4)cc3)c2)nn1.